The van der Waals surface area contributed by atoms with Gasteiger partial charge >= 0.3 is 0 Å². The molecule has 9 heteroatoms. The van der Waals surface area contributed by atoms with Gasteiger partial charge in [-0.25, -0.2) is 13.4 Å². The zero-order valence-corrected chi connectivity index (χ0v) is 19.5. The Balaban J connectivity index is 1.75. The van der Waals surface area contributed by atoms with Crippen LogP contribution in [0.25, 0.3) is 0 Å². The number of nitrogens with zero attached hydrogens (tertiary/aromatic N) is 4. The van der Waals surface area contributed by atoms with Gasteiger partial charge in [0.2, 0.25) is 15.9 Å². The van der Waals surface area contributed by atoms with Crippen LogP contribution in [0.3, 0.4) is 0 Å². The number of halogens is 1. The molecule has 0 bridgehead atoms. The minimum atomic E-state index is -3.51. The van der Waals surface area contributed by atoms with Crippen molar-refractivity contribution in [2.45, 2.75) is 25.6 Å². The fraction of sp³-hybridized carbons (Fsp3) is 0.273. The second kappa shape index (κ2) is 8.94. The van der Waals surface area contributed by atoms with Crippen LogP contribution in [0.1, 0.15) is 11.1 Å². The predicted octanol–water partition coefficient (Wildman–Crippen LogP) is 3.07. The standard InChI is InChI=1S/C22H23BrN4O3S/c1-31(29,30)27-13-18-12-19(23)7-8-21(18)26(22(28)15-25-10-9-24-16-25)14-20(27)11-17-5-3-2-4-6-17/h2-10,12,16,20H,11,13-15H2,1H3/t20-/m1/s1. The third-order valence-corrected chi connectivity index (χ3v) is 7.15. The summed E-state index contributed by atoms with van der Waals surface area (Å²) in [4.78, 5) is 19.0. The van der Waals surface area contributed by atoms with Crippen molar-refractivity contribution >= 4 is 37.5 Å². The molecule has 2 aromatic carbocycles. The Morgan fingerprint density at radius 1 is 1.19 bits per heavy atom. The third kappa shape index (κ3) is 5.06. The van der Waals surface area contributed by atoms with E-state index in [4.69, 9.17) is 0 Å². The Kier molecular flexibility index (Phi) is 6.27. The first kappa shape index (κ1) is 21.7. The maximum atomic E-state index is 13.3. The summed E-state index contributed by atoms with van der Waals surface area (Å²) >= 11 is 3.48. The maximum absolute atomic E-state index is 13.3. The molecule has 0 fully saturated rings. The number of amides is 1. The lowest BCUT2D eigenvalue weighted by atomic mass is 10.1. The van der Waals surface area contributed by atoms with Gasteiger partial charge in [0.15, 0.2) is 0 Å². The smallest absolute Gasteiger partial charge is 0.247 e. The van der Waals surface area contributed by atoms with Crippen LogP contribution in [0.2, 0.25) is 0 Å². The molecule has 1 aliphatic heterocycles. The van der Waals surface area contributed by atoms with Crippen LogP contribution < -0.4 is 4.90 Å². The monoisotopic (exact) mass is 502 g/mol. The van der Waals surface area contributed by atoms with E-state index < -0.39 is 16.1 Å². The molecule has 0 N–H and O–H groups in total. The molecule has 0 spiro atoms. The van der Waals surface area contributed by atoms with Crippen molar-refractivity contribution in [3.05, 3.63) is 82.9 Å². The Morgan fingerprint density at radius 3 is 2.65 bits per heavy atom. The molecule has 1 aliphatic rings. The molecule has 1 aromatic heterocycles. The summed E-state index contributed by atoms with van der Waals surface area (Å²) in [5.74, 6) is -0.116. The quantitative estimate of drug-likeness (QED) is 0.537. The summed E-state index contributed by atoms with van der Waals surface area (Å²) < 4.78 is 29.6. The highest BCUT2D eigenvalue weighted by Crippen LogP contribution is 2.32. The molecule has 0 saturated heterocycles. The highest BCUT2D eigenvalue weighted by Gasteiger charge is 2.35. The Labute approximate surface area is 190 Å². The molecule has 0 aliphatic carbocycles. The van der Waals surface area contributed by atoms with Crippen LogP contribution in [0.5, 0.6) is 0 Å². The van der Waals surface area contributed by atoms with Gasteiger partial charge in [-0.1, -0.05) is 46.3 Å². The minimum Gasteiger partial charge on any atom is -0.328 e. The van der Waals surface area contributed by atoms with E-state index in [0.717, 1.165) is 21.3 Å². The Bertz CT molecular complexity index is 1170. The summed E-state index contributed by atoms with van der Waals surface area (Å²) in [6.45, 7) is 0.608. The molecular formula is C22H23BrN4O3S. The topological polar surface area (TPSA) is 75.5 Å². The zero-order valence-electron chi connectivity index (χ0n) is 17.1. The average Bonchev–Trinajstić information content (AvgIpc) is 3.17. The summed E-state index contributed by atoms with van der Waals surface area (Å²) in [7, 11) is -3.51. The predicted molar refractivity (Wildman–Crippen MR) is 123 cm³/mol. The number of imidazole rings is 1. The number of carbonyl (C=O) groups is 1. The molecule has 3 aromatic rings. The molecule has 162 valence electrons. The molecule has 0 radical (unpaired) electrons. The number of benzene rings is 2. The van der Waals surface area contributed by atoms with Crippen molar-refractivity contribution in [1.29, 1.82) is 0 Å². The van der Waals surface area contributed by atoms with E-state index in [9.17, 15) is 13.2 Å². The molecular weight excluding hydrogens is 480 g/mol. The third-order valence-electron chi connectivity index (χ3n) is 5.38. The lowest BCUT2D eigenvalue weighted by Gasteiger charge is -2.30. The van der Waals surface area contributed by atoms with Gasteiger partial charge in [0.05, 0.1) is 12.6 Å². The molecule has 0 saturated carbocycles. The second-order valence-corrected chi connectivity index (χ2v) is 10.5. The van der Waals surface area contributed by atoms with Crippen LogP contribution in [0.4, 0.5) is 5.69 Å². The maximum Gasteiger partial charge on any atom is 0.247 e. The van der Waals surface area contributed by atoms with Crippen molar-refractivity contribution in [2.75, 3.05) is 17.7 Å². The SMILES string of the molecule is CS(=O)(=O)N1Cc2cc(Br)ccc2N(C(=O)Cn2ccnc2)C[C@H]1Cc1ccccc1. The van der Waals surface area contributed by atoms with E-state index >= 15 is 0 Å². The van der Waals surface area contributed by atoms with Gasteiger partial charge in [-0.3, -0.25) is 4.79 Å². The molecule has 0 unspecified atom stereocenters. The summed E-state index contributed by atoms with van der Waals surface area (Å²) in [5, 5.41) is 0. The van der Waals surface area contributed by atoms with E-state index in [-0.39, 0.29) is 25.5 Å². The minimum absolute atomic E-state index is 0.116. The molecule has 4 rings (SSSR count). The Hall–Kier alpha value is -2.49. The molecule has 2 heterocycles. The zero-order chi connectivity index (χ0) is 22.0. The average molecular weight is 503 g/mol. The van der Waals surface area contributed by atoms with Crippen LogP contribution in [0, 0.1) is 0 Å². The number of carbonyl (C=O) groups excluding carboxylic acids is 1. The van der Waals surface area contributed by atoms with Gasteiger partial charge in [0.1, 0.15) is 6.54 Å². The first-order valence-electron chi connectivity index (χ1n) is 9.86. The van der Waals surface area contributed by atoms with Gasteiger partial charge in [-0.15, -0.1) is 0 Å². The number of rotatable bonds is 5. The first-order valence-corrected chi connectivity index (χ1v) is 12.5. The summed E-state index contributed by atoms with van der Waals surface area (Å²) in [6, 6.07) is 15.0. The van der Waals surface area contributed by atoms with Crippen LogP contribution in [-0.2, 0) is 34.3 Å². The number of hydrogen-bond acceptors (Lipinski definition) is 4. The molecule has 7 nitrogen and oxygen atoms in total. The van der Waals surface area contributed by atoms with Gasteiger partial charge in [0, 0.05) is 41.7 Å². The molecule has 1 atom stereocenters. The van der Waals surface area contributed by atoms with E-state index in [1.165, 1.54) is 10.6 Å². The first-order chi connectivity index (χ1) is 14.8. The molecule has 31 heavy (non-hydrogen) atoms. The van der Waals surface area contributed by atoms with Gasteiger partial charge in [-0.2, -0.15) is 4.31 Å². The number of fused-ring (bicyclic) bond motifs is 1. The van der Waals surface area contributed by atoms with Gasteiger partial charge in [0.25, 0.3) is 0 Å². The van der Waals surface area contributed by atoms with Crippen molar-refractivity contribution < 1.29 is 13.2 Å². The number of sulfonamides is 1. The van der Waals surface area contributed by atoms with Crippen molar-refractivity contribution in [1.82, 2.24) is 13.9 Å². The lowest BCUT2D eigenvalue weighted by molar-refractivity contribution is -0.119. The van der Waals surface area contributed by atoms with Gasteiger partial charge < -0.3 is 9.47 Å². The fourth-order valence-electron chi connectivity index (χ4n) is 3.94. The van der Waals surface area contributed by atoms with E-state index in [2.05, 4.69) is 20.9 Å². The van der Waals surface area contributed by atoms with E-state index in [1.54, 1.807) is 28.2 Å². The van der Waals surface area contributed by atoms with Crippen molar-refractivity contribution in [3.8, 4) is 0 Å². The lowest BCUT2D eigenvalue weighted by Crippen LogP contribution is -2.47. The van der Waals surface area contributed by atoms with Crippen LogP contribution in [-0.4, -0.2) is 47.0 Å². The highest BCUT2D eigenvalue weighted by atomic mass is 79.9. The van der Waals surface area contributed by atoms with Gasteiger partial charge in [-0.05, 0) is 35.7 Å². The fourth-order valence-corrected chi connectivity index (χ4v) is 5.40. The number of anilines is 1. The van der Waals surface area contributed by atoms with Crippen molar-refractivity contribution in [2.24, 2.45) is 0 Å². The number of aromatic nitrogens is 2. The summed E-state index contributed by atoms with van der Waals surface area (Å²) in [6.07, 6.45) is 6.71. The highest BCUT2D eigenvalue weighted by molar-refractivity contribution is 9.10. The van der Waals surface area contributed by atoms with E-state index in [1.807, 2.05) is 48.5 Å². The van der Waals surface area contributed by atoms with E-state index in [0.29, 0.717) is 6.42 Å². The largest absolute Gasteiger partial charge is 0.328 e. The van der Waals surface area contributed by atoms with Crippen LogP contribution in [0.15, 0.2) is 71.7 Å². The molecule has 1 amide bonds. The van der Waals surface area contributed by atoms with Crippen molar-refractivity contribution in [3.63, 3.8) is 0 Å². The normalized spacial score (nSPS) is 17.2. The van der Waals surface area contributed by atoms with Crippen LogP contribution >= 0.6 is 15.9 Å². The Morgan fingerprint density at radius 2 is 1.97 bits per heavy atom. The second-order valence-electron chi connectivity index (χ2n) is 7.66. The summed E-state index contributed by atoms with van der Waals surface area (Å²) in [5.41, 5.74) is 2.54. The number of hydrogen-bond donors (Lipinski definition) is 0.